The van der Waals surface area contributed by atoms with Crippen LogP contribution in [0.3, 0.4) is 0 Å². The van der Waals surface area contributed by atoms with Crippen LogP contribution in [0, 0.1) is 0 Å². The maximum atomic E-state index is 4.36. The Balaban J connectivity index is -0.0000000800. The molecule has 0 atom stereocenters. The van der Waals surface area contributed by atoms with Gasteiger partial charge in [0.1, 0.15) is 0 Å². The molecule has 7 heteroatoms. The van der Waals surface area contributed by atoms with Crippen molar-refractivity contribution in [1.82, 2.24) is 0 Å². The summed E-state index contributed by atoms with van der Waals surface area (Å²) in [6.45, 7) is 0. The average Bonchev–Trinajstić information content (AvgIpc) is 0.722. The van der Waals surface area contributed by atoms with Crippen molar-refractivity contribution in [2.75, 3.05) is 0 Å². The second-order valence-electron chi connectivity index (χ2n) is 0.316. The van der Waals surface area contributed by atoms with E-state index in [9.17, 15) is 0 Å². The molecular weight excluding hydrogens is 305 g/mol. The van der Waals surface area contributed by atoms with Gasteiger partial charge in [0, 0.05) is 33.6 Å². The van der Waals surface area contributed by atoms with E-state index < -0.39 is 5.98 Å². The second-order valence-corrected chi connectivity index (χ2v) is 11.7. The van der Waals surface area contributed by atoms with Gasteiger partial charge in [-0.1, -0.05) is 0 Å². The molecule has 0 nitrogen and oxygen atoms in total. The Hall–Kier alpha value is 2.39. The first kappa shape index (κ1) is 16.2. The molecule has 0 spiro atoms. The topological polar surface area (TPSA) is 0 Å². The Labute approximate surface area is 81.0 Å². The molecular formula is Co2NiS4. The van der Waals surface area contributed by atoms with Crippen LogP contribution < -0.4 is 0 Å². The van der Waals surface area contributed by atoms with Crippen molar-refractivity contribution >= 4 is 42.6 Å². The minimum atomic E-state index is -1.92. The van der Waals surface area contributed by atoms with Gasteiger partial charge in [0.15, 0.2) is 0 Å². The summed E-state index contributed by atoms with van der Waals surface area (Å²) in [5, 5.41) is 0. The maximum absolute atomic E-state index is 4.36. The van der Waals surface area contributed by atoms with Crippen LogP contribution >= 0.6 is 42.6 Å². The summed E-state index contributed by atoms with van der Waals surface area (Å²) in [4.78, 5) is 0. The molecule has 0 heterocycles. The molecule has 0 aliphatic carbocycles. The van der Waals surface area contributed by atoms with E-state index in [0.29, 0.717) is 0 Å². The summed E-state index contributed by atoms with van der Waals surface area (Å²) in [7, 11) is 17.5. The summed E-state index contributed by atoms with van der Waals surface area (Å²) in [5.74, 6) is -1.92. The zero-order valence-corrected chi connectivity index (χ0v) is 8.95. The van der Waals surface area contributed by atoms with E-state index in [1.807, 2.05) is 0 Å². The average molecular weight is 305 g/mol. The van der Waals surface area contributed by atoms with Gasteiger partial charge in [0.25, 0.3) is 0 Å². The molecule has 0 saturated heterocycles. The first-order valence-electron chi connectivity index (χ1n) is 0.516. The first-order valence-corrected chi connectivity index (χ1v) is 6.39. The molecule has 0 rings (SSSR count). The van der Waals surface area contributed by atoms with Crippen molar-refractivity contribution in [3.8, 4) is 0 Å². The van der Waals surface area contributed by atoms with E-state index in [0.717, 1.165) is 0 Å². The third kappa shape index (κ3) is 60.1. The van der Waals surface area contributed by atoms with Crippen LogP contribution in [0.25, 0.3) is 0 Å². The molecule has 0 N–H and O–H groups in total. The van der Waals surface area contributed by atoms with Gasteiger partial charge in [0.2, 0.25) is 0 Å². The Morgan fingerprint density at radius 3 is 0.714 bits per heavy atom. The molecule has 0 aromatic carbocycles. The van der Waals surface area contributed by atoms with Crippen LogP contribution in [-0.4, -0.2) is 0 Å². The molecule has 0 aromatic heterocycles. The predicted octanol–water partition coefficient (Wildman–Crippen LogP) is 2.59. The normalized spacial score (nSPS) is 10.3. The molecule has 0 fully saturated rings. The fourth-order valence-electron chi connectivity index (χ4n) is 0. The van der Waals surface area contributed by atoms with Gasteiger partial charge >= 0.3 is 48.6 Å². The SMILES string of the molecule is [Co].[Co].[S]=[Ni](=[S])(=[S])=[S]. The Kier molecular flexibility index (Phi) is 15.0. The number of hydrogen-bond acceptors (Lipinski definition) is 4. The number of rotatable bonds is 0. The summed E-state index contributed by atoms with van der Waals surface area (Å²) in [6, 6.07) is 0. The van der Waals surface area contributed by atoms with Crippen molar-refractivity contribution in [3.05, 3.63) is 0 Å². The van der Waals surface area contributed by atoms with E-state index in [2.05, 4.69) is 42.6 Å². The third-order valence-corrected chi connectivity index (χ3v) is 0. The van der Waals surface area contributed by atoms with Crippen molar-refractivity contribution in [3.63, 3.8) is 0 Å². The zero-order valence-electron chi connectivity index (χ0n) is 2.62. The van der Waals surface area contributed by atoms with E-state index in [1.54, 1.807) is 0 Å². The molecule has 0 aliphatic heterocycles. The zero-order chi connectivity index (χ0) is 4.50. The predicted molar refractivity (Wildman–Crippen MR) is 30.4 cm³/mol. The van der Waals surface area contributed by atoms with Gasteiger partial charge < -0.3 is 0 Å². The summed E-state index contributed by atoms with van der Waals surface area (Å²) in [5.41, 5.74) is 0. The molecule has 0 amide bonds. The Bertz CT molecular complexity index is 161. The van der Waals surface area contributed by atoms with Crippen LogP contribution in [0.15, 0.2) is 0 Å². The molecule has 0 aromatic rings. The van der Waals surface area contributed by atoms with Gasteiger partial charge in [-0.25, -0.2) is 0 Å². The molecule has 0 unspecified atom stereocenters. The van der Waals surface area contributed by atoms with Crippen LogP contribution in [0.5, 0.6) is 0 Å². The van der Waals surface area contributed by atoms with E-state index >= 15 is 0 Å². The van der Waals surface area contributed by atoms with Crippen molar-refractivity contribution in [2.24, 2.45) is 0 Å². The summed E-state index contributed by atoms with van der Waals surface area (Å²) in [6.07, 6.45) is 0. The van der Waals surface area contributed by atoms with Crippen LogP contribution in [-0.2, 0) is 39.5 Å². The molecule has 7 heavy (non-hydrogen) atoms. The monoisotopic (exact) mass is 304 g/mol. The Morgan fingerprint density at radius 2 is 0.714 bits per heavy atom. The van der Waals surface area contributed by atoms with Crippen molar-refractivity contribution in [2.45, 2.75) is 0 Å². The minimum absolute atomic E-state index is 0. The van der Waals surface area contributed by atoms with E-state index in [1.165, 1.54) is 0 Å². The van der Waals surface area contributed by atoms with Crippen LogP contribution in [0.1, 0.15) is 0 Å². The molecule has 2 radical (unpaired) electrons. The third-order valence-electron chi connectivity index (χ3n) is 0. The second kappa shape index (κ2) is 6.51. The molecule has 0 saturated carbocycles. The molecule has 0 bridgehead atoms. The van der Waals surface area contributed by atoms with Gasteiger partial charge in [-0.2, -0.15) is 0 Å². The van der Waals surface area contributed by atoms with Crippen LogP contribution in [0.2, 0.25) is 0 Å². The Morgan fingerprint density at radius 1 is 0.714 bits per heavy atom. The molecule has 0 aliphatic rings. The van der Waals surface area contributed by atoms with E-state index in [4.69, 9.17) is 0 Å². The standard InChI is InChI=1S/2Co.Ni.4S. The quantitative estimate of drug-likeness (QED) is 0.631. The fourth-order valence-corrected chi connectivity index (χ4v) is 0. The van der Waals surface area contributed by atoms with Crippen molar-refractivity contribution in [1.29, 1.82) is 0 Å². The van der Waals surface area contributed by atoms with Gasteiger partial charge in [-0.3, -0.25) is 0 Å². The fraction of sp³-hybridized carbons (Fsp3) is 0. The first-order chi connectivity index (χ1) is 2.00. The summed E-state index contributed by atoms with van der Waals surface area (Å²) < 4.78 is 0. The number of hydrogen-bond donors (Lipinski definition) is 0. The summed E-state index contributed by atoms with van der Waals surface area (Å²) >= 11 is 0. The van der Waals surface area contributed by atoms with Crippen molar-refractivity contribution < 1.29 is 39.5 Å². The van der Waals surface area contributed by atoms with Gasteiger partial charge in [-0.05, 0) is 0 Å². The van der Waals surface area contributed by atoms with Crippen LogP contribution in [0.4, 0.5) is 0 Å². The van der Waals surface area contributed by atoms with Gasteiger partial charge in [-0.15, -0.1) is 0 Å². The molecule has 52 valence electrons. The van der Waals surface area contributed by atoms with E-state index in [-0.39, 0.29) is 33.6 Å². The van der Waals surface area contributed by atoms with Gasteiger partial charge in [0.05, 0.1) is 0 Å².